The summed E-state index contributed by atoms with van der Waals surface area (Å²) in [7, 11) is 0. The van der Waals surface area contributed by atoms with Crippen LogP contribution in [-0.2, 0) is 10.2 Å². The molecule has 1 atom stereocenters. The van der Waals surface area contributed by atoms with Gasteiger partial charge in [-0.25, -0.2) is 0 Å². The van der Waals surface area contributed by atoms with Crippen molar-refractivity contribution < 1.29 is 19.2 Å². The van der Waals surface area contributed by atoms with Gasteiger partial charge < -0.3 is 0 Å². The summed E-state index contributed by atoms with van der Waals surface area (Å²) >= 11 is 0. The van der Waals surface area contributed by atoms with Crippen molar-refractivity contribution in [3.05, 3.63) is 261 Å². The van der Waals surface area contributed by atoms with E-state index in [4.69, 9.17) is 0 Å². The maximum atomic E-state index is 13.7. The molecule has 0 aliphatic heterocycles. The van der Waals surface area contributed by atoms with Crippen molar-refractivity contribution in [3.63, 3.8) is 0 Å². The lowest BCUT2D eigenvalue weighted by Crippen LogP contribution is -2.33. The van der Waals surface area contributed by atoms with Gasteiger partial charge in [0.2, 0.25) is 0 Å². The maximum absolute atomic E-state index is 13.7. The van der Waals surface area contributed by atoms with Crippen molar-refractivity contribution in [2.45, 2.75) is 24.7 Å². The quantitative estimate of drug-likeness (QED) is 0.0712. The topological polar surface area (TPSA) is 68.3 Å². The van der Waals surface area contributed by atoms with Crippen LogP contribution in [0.3, 0.4) is 0 Å². The van der Waals surface area contributed by atoms with Crippen LogP contribution in [-0.4, -0.2) is 23.1 Å². The van der Waals surface area contributed by atoms with Crippen LogP contribution in [0.4, 0.5) is 0 Å². The Hall–Kier alpha value is -7.04. The van der Waals surface area contributed by atoms with E-state index in [0.717, 1.165) is 34.3 Å². The van der Waals surface area contributed by atoms with Gasteiger partial charge in [0.15, 0.2) is 23.1 Å². The number of allylic oxidation sites excluding steroid dienone is 8. The lowest BCUT2D eigenvalue weighted by atomic mass is 9.63. The summed E-state index contributed by atoms with van der Waals surface area (Å²) in [5.41, 5.74) is 6.95. The second-order valence-corrected chi connectivity index (χ2v) is 14.4. The van der Waals surface area contributed by atoms with E-state index in [1.165, 1.54) is 0 Å². The van der Waals surface area contributed by atoms with Crippen molar-refractivity contribution in [2.75, 3.05) is 0 Å². The number of carbonyl (C=O) groups excluding carboxylic acids is 4. The van der Waals surface area contributed by atoms with Gasteiger partial charge in [-0.3, -0.25) is 19.2 Å². The molecule has 0 saturated carbocycles. The molecule has 0 spiro atoms. The summed E-state index contributed by atoms with van der Waals surface area (Å²) in [6.07, 6.45) is 14.3. The summed E-state index contributed by atoms with van der Waals surface area (Å²) in [5, 5.41) is 0. The first-order valence-corrected chi connectivity index (χ1v) is 19.3. The molecule has 4 heteroatoms. The van der Waals surface area contributed by atoms with E-state index < -0.39 is 5.41 Å². The molecule has 0 heterocycles. The van der Waals surface area contributed by atoms with E-state index in [9.17, 15) is 19.2 Å². The molecular formula is C53H40O4. The molecule has 57 heavy (non-hydrogen) atoms. The molecule has 0 aromatic heterocycles. The average Bonchev–Trinajstić information content (AvgIpc) is 3.30. The van der Waals surface area contributed by atoms with Gasteiger partial charge in [-0.2, -0.15) is 0 Å². The van der Waals surface area contributed by atoms with Crippen molar-refractivity contribution in [2.24, 2.45) is 5.92 Å². The van der Waals surface area contributed by atoms with E-state index >= 15 is 0 Å². The fraction of sp³-hybridized carbons (Fsp3) is 0.0943. The highest BCUT2D eigenvalue weighted by Gasteiger charge is 2.41. The Bertz CT molecular complexity index is 2330. The summed E-state index contributed by atoms with van der Waals surface area (Å²) in [6.45, 7) is 0. The Morgan fingerprint density at radius 3 is 1.16 bits per heavy atom. The van der Waals surface area contributed by atoms with Crippen LogP contribution in [0, 0.1) is 5.92 Å². The minimum Gasteiger partial charge on any atom is -0.294 e. The number of hydrogen-bond acceptors (Lipinski definition) is 4. The molecular weight excluding hydrogens is 701 g/mol. The summed E-state index contributed by atoms with van der Waals surface area (Å²) < 4.78 is 0. The third-order valence-corrected chi connectivity index (χ3v) is 11.0. The van der Waals surface area contributed by atoms with Gasteiger partial charge in [0, 0.05) is 39.3 Å². The van der Waals surface area contributed by atoms with E-state index in [-0.39, 0.29) is 29.1 Å². The molecule has 6 aromatic carbocycles. The summed E-state index contributed by atoms with van der Waals surface area (Å²) in [6, 6.07) is 50.8. The largest absolute Gasteiger partial charge is 0.294 e. The van der Waals surface area contributed by atoms with E-state index in [2.05, 4.69) is 24.3 Å². The summed E-state index contributed by atoms with van der Waals surface area (Å²) in [4.78, 5) is 54.5. The zero-order valence-corrected chi connectivity index (χ0v) is 31.4. The first-order valence-electron chi connectivity index (χ1n) is 19.3. The highest BCUT2D eigenvalue weighted by molar-refractivity contribution is 6.10. The van der Waals surface area contributed by atoms with Gasteiger partial charge in [-0.05, 0) is 47.1 Å². The lowest BCUT2D eigenvalue weighted by Gasteiger charge is -2.39. The predicted molar refractivity (Wildman–Crippen MR) is 226 cm³/mol. The number of Topliss-reactive ketones (excluding diaryl/α,β-unsaturated/α-hetero) is 1. The number of rotatable bonds is 12. The molecule has 2 aliphatic carbocycles. The summed E-state index contributed by atoms with van der Waals surface area (Å²) in [5.74, 6) is -0.402. The van der Waals surface area contributed by atoms with Crippen molar-refractivity contribution in [3.8, 4) is 0 Å². The van der Waals surface area contributed by atoms with Crippen LogP contribution in [0.5, 0.6) is 0 Å². The smallest absolute Gasteiger partial charge is 0.193 e. The zero-order valence-electron chi connectivity index (χ0n) is 31.4. The van der Waals surface area contributed by atoms with E-state index in [0.29, 0.717) is 46.2 Å². The predicted octanol–water partition coefficient (Wildman–Crippen LogP) is 11.1. The Morgan fingerprint density at radius 1 is 0.439 bits per heavy atom. The SMILES string of the molecule is O=C(c1ccccc1)c1ccc(C(C2=CCC(C(=O)C3=CCC=CC3)C=C2)(c2ccc(C(=O)c3ccccc3)cc2)c2ccc(C(=O)c3ccccc3)cc2)cc1. The van der Waals surface area contributed by atoms with Gasteiger partial charge in [0.05, 0.1) is 5.41 Å². The fourth-order valence-electron chi connectivity index (χ4n) is 8.02. The Labute approximate surface area is 333 Å². The lowest BCUT2D eigenvalue weighted by molar-refractivity contribution is -0.118. The third kappa shape index (κ3) is 7.38. The van der Waals surface area contributed by atoms with Gasteiger partial charge in [0.1, 0.15) is 0 Å². The van der Waals surface area contributed by atoms with Crippen LogP contribution in [0.2, 0.25) is 0 Å². The molecule has 0 radical (unpaired) electrons. The second-order valence-electron chi connectivity index (χ2n) is 14.4. The zero-order chi connectivity index (χ0) is 39.2. The average molecular weight is 741 g/mol. The molecule has 276 valence electrons. The van der Waals surface area contributed by atoms with Crippen LogP contribution < -0.4 is 0 Å². The Kier molecular flexibility index (Phi) is 10.6. The fourth-order valence-corrected chi connectivity index (χ4v) is 8.02. The minimum atomic E-state index is -0.964. The number of benzene rings is 6. The molecule has 0 amide bonds. The Balaban J connectivity index is 1.28. The van der Waals surface area contributed by atoms with Crippen molar-refractivity contribution >= 4 is 23.1 Å². The standard InChI is InChI=1S/C53H40O4/c54-49(37-13-5-1-6-14-37)41-21-29-45(30-22-41)53(46-31-23-42(24-32-46)50(55)38-15-7-2-8-16-38,47-33-25-43(26-34-47)51(56)39-17-9-3-10-18-39)48-35-27-44(28-36-48)52(57)40-19-11-4-12-20-40/h1-11,13-18,20-27,29-36,44H,12,19,28H2. The molecule has 6 aromatic rings. The van der Waals surface area contributed by atoms with Gasteiger partial charge in [0.25, 0.3) is 0 Å². The molecule has 2 aliphatic rings. The molecule has 1 unspecified atom stereocenters. The monoisotopic (exact) mass is 740 g/mol. The van der Waals surface area contributed by atoms with Crippen molar-refractivity contribution in [1.29, 1.82) is 0 Å². The van der Waals surface area contributed by atoms with Crippen LogP contribution in [0.15, 0.2) is 211 Å². The van der Waals surface area contributed by atoms with Crippen LogP contribution in [0.25, 0.3) is 0 Å². The number of ketones is 4. The van der Waals surface area contributed by atoms with Gasteiger partial charge in [-0.1, -0.05) is 200 Å². The first kappa shape index (κ1) is 36.9. The first-order chi connectivity index (χ1) is 27.9. The molecule has 0 bridgehead atoms. The highest BCUT2D eigenvalue weighted by Crippen LogP contribution is 2.48. The normalized spacial score (nSPS) is 15.0. The van der Waals surface area contributed by atoms with Gasteiger partial charge >= 0.3 is 0 Å². The van der Waals surface area contributed by atoms with Crippen LogP contribution >= 0.6 is 0 Å². The number of hydrogen-bond donors (Lipinski definition) is 0. The Morgan fingerprint density at radius 2 is 0.825 bits per heavy atom. The molecule has 8 rings (SSSR count). The minimum absolute atomic E-state index is 0.0784. The molecule has 0 saturated heterocycles. The third-order valence-electron chi connectivity index (χ3n) is 11.0. The highest BCUT2D eigenvalue weighted by atomic mass is 16.1. The van der Waals surface area contributed by atoms with Crippen molar-refractivity contribution in [1.82, 2.24) is 0 Å². The molecule has 4 nitrogen and oxygen atoms in total. The molecule has 0 N–H and O–H groups in total. The van der Waals surface area contributed by atoms with E-state index in [1.807, 2.05) is 176 Å². The van der Waals surface area contributed by atoms with Gasteiger partial charge in [-0.15, -0.1) is 0 Å². The maximum Gasteiger partial charge on any atom is 0.193 e. The second kappa shape index (κ2) is 16.4. The van der Waals surface area contributed by atoms with E-state index in [1.54, 1.807) is 0 Å². The van der Waals surface area contributed by atoms with Crippen LogP contribution in [0.1, 0.15) is 83.7 Å². The number of carbonyl (C=O) groups is 4. The molecule has 0 fully saturated rings.